The van der Waals surface area contributed by atoms with Crippen molar-refractivity contribution in [2.45, 2.75) is 12.7 Å². The van der Waals surface area contributed by atoms with E-state index in [0.717, 1.165) is 5.56 Å². The molecule has 2 aromatic rings. The second-order valence-corrected chi connectivity index (χ2v) is 6.32. The van der Waals surface area contributed by atoms with Crippen molar-refractivity contribution in [2.24, 2.45) is 0 Å². The van der Waals surface area contributed by atoms with Crippen molar-refractivity contribution in [1.82, 2.24) is 0 Å². The molecule has 4 nitrogen and oxygen atoms in total. The van der Waals surface area contributed by atoms with Crippen LogP contribution in [-0.2, 0) is 15.8 Å². The molecule has 0 fully saturated rings. The van der Waals surface area contributed by atoms with Crippen LogP contribution in [0.4, 0.5) is 5.69 Å². The largest absolute Gasteiger partial charge is 0.508 e. The summed E-state index contributed by atoms with van der Waals surface area (Å²) >= 11 is 0. The first-order chi connectivity index (χ1) is 9.53. The van der Waals surface area contributed by atoms with Gasteiger partial charge in [-0.3, -0.25) is 4.31 Å². The number of aromatic hydroxyl groups is 1. The van der Waals surface area contributed by atoms with Gasteiger partial charge in [-0.2, -0.15) is 0 Å². The molecule has 1 N–H and O–H groups in total. The van der Waals surface area contributed by atoms with E-state index in [4.69, 9.17) is 0 Å². The Labute approximate surface area is 119 Å². The lowest BCUT2D eigenvalue weighted by molar-refractivity contribution is 0.475. The fourth-order valence-electron chi connectivity index (χ4n) is 2.05. The van der Waals surface area contributed by atoms with E-state index in [0.29, 0.717) is 12.2 Å². The van der Waals surface area contributed by atoms with Crippen molar-refractivity contribution in [2.75, 3.05) is 10.8 Å². The molecule has 106 valence electrons. The molecule has 2 rings (SSSR count). The summed E-state index contributed by atoms with van der Waals surface area (Å²) in [6.07, 6.45) is 0. The van der Waals surface area contributed by atoms with E-state index in [1.807, 2.05) is 18.2 Å². The molecular weight excluding hydrogens is 274 g/mol. The van der Waals surface area contributed by atoms with Crippen LogP contribution >= 0.6 is 0 Å². The smallest absolute Gasteiger partial charge is 0.239 e. The van der Waals surface area contributed by atoms with Crippen LogP contribution in [0, 0.1) is 0 Å². The molecule has 0 bridgehead atoms. The summed E-state index contributed by atoms with van der Waals surface area (Å²) in [5.41, 5.74) is 1.22. The molecule has 0 unspecified atom stereocenters. The van der Waals surface area contributed by atoms with Crippen LogP contribution in [0.3, 0.4) is 0 Å². The minimum atomic E-state index is -3.47. The summed E-state index contributed by atoms with van der Waals surface area (Å²) in [5, 5.41) is 9.49. The van der Waals surface area contributed by atoms with Crippen LogP contribution < -0.4 is 4.31 Å². The Morgan fingerprint density at radius 1 is 1.05 bits per heavy atom. The molecule has 0 aliphatic heterocycles. The highest BCUT2D eigenvalue weighted by Crippen LogP contribution is 2.24. The molecule has 0 spiro atoms. The molecule has 20 heavy (non-hydrogen) atoms. The molecule has 0 saturated heterocycles. The van der Waals surface area contributed by atoms with Gasteiger partial charge in [0.1, 0.15) is 5.75 Å². The third kappa shape index (κ3) is 3.30. The van der Waals surface area contributed by atoms with Crippen molar-refractivity contribution in [3.8, 4) is 5.75 Å². The summed E-state index contributed by atoms with van der Waals surface area (Å²) in [4.78, 5) is 0. The first kappa shape index (κ1) is 14.4. The minimum Gasteiger partial charge on any atom is -0.508 e. The van der Waals surface area contributed by atoms with Gasteiger partial charge in [0, 0.05) is 12.6 Å². The second kappa shape index (κ2) is 5.96. The molecule has 0 heterocycles. The van der Waals surface area contributed by atoms with Crippen LogP contribution in [-0.4, -0.2) is 20.1 Å². The van der Waals surface area contributed by atoms with Gasteiger partial charge < -0.3 is 5.11 Å². The highest BCUT2D eigenvalue weighted by Gasteiger charge is 2.21. The predicted molar refractivity (Wildman–Crippen MR) is 80.2 cm³/mol. The number of phenolic OH excluding ortho intramolecular Hbond substituents is 1. The fourth-order valence-corrected chi connectivity index (χ4v) is 3.65. The average molecular weight is 291 g/mol. The standard InChI is InChI=1S/C15H17NO3S/c1-2-16(14-9-6-10-15(17)11-14)20(18,19)12-13-7-4-3-5-8-13/h3-11,17H,2,12H2,1H3. The minimum absolute atomic E-state index is 0.0517. The molecule has 0 aliphatic carbocycles. The quantitative estimate of drug-likeness (QED) is 0.921. The number of hydrogen-bond donors (Lipinski definition) is 1. The Morgan fingerprint density at radius 3 is 2.35 bits per heavy atom. The van der Waals surface area contributed by atoms with Crippen LogP contribution in [0.1, 0.15) is 12.5 Å². The number of rotatable bonds is 5. The van der Waals surface area contributed by atoms with Gasteiger partial charge in [-0.1, -0.05) is 36.4 Å². The SMILES string of the molecule is CCN(c1cccc(O)c1)S(=O)(=O)Cc1ccccc1. The second-order valence-electron chi connectivity index (χ2n) is 4.43. The number of nitrogens with zero attached hydrogens (tertiary/aromatic N) is 1. The van der Waals surface area contributed by atoms with E-state index in [-0.39, 0.29) is 11.5 Å². The highest BCUT2D eigenvalue weighted by molar-refractivity contribution is 7.92. The normalized spacial score (nSPS) is 11.2. The van der Waals surface area contributed by atoms with Gasteiger partial charge in [0.05, 0.1) is 11.4 Å². The van der Waals surface area contributed by atoms with Crippen molar-refractivity contribution >= 4 is 15.7 Å². The van der Waals surface area contributed by atoms with E-state index < -0.39 is 10.0 Å². The predicted octanol–water partition coefficient (Wildman–Crippen LogP) is 2.75. The first-order valence-corrected chi connectivity index (χ1v) is 7.97. The third-order valence-corrected chi connectivity index (χ3v) is 4.77. The Balaban J connectivity index is 2.31. The summed E-state index contributed by atoms with van der Waals surface area (Å²) in [6, 6.07) is 15.3. The average Bonchev–Trinajstić information content (AvgIpc) is 2.39. The molecule has 0 aromatic heterocycles. The Bertz CT molecular complexity index is 669. The number of sulfonamides is 1. The molecule has 5 heteroatoms. The van der Waals surface area contributed by atoms with Crippen LogP contribution in [0.15, 0.2) is 54.6 Å². The monoisotopic (exact) mass is 291 g/mol. The number of anilines is 1. The lowest BCUT2D eigenvalue weighted by Gasteiger charge is -2.23. The molecule has 2 aromatic carbocycles. The Kier molecular flexibility index (Phi) is 4.29. The maximum Gasteiger partial charge on any atom is 0.239 e. The van der Waals surface area contributed by atoms with Crippen molar-refractivity contribution < 1.29 is 13.5 Å². The third-order valence-electron chi connectivity index (χ3n) is 2.93. The fraction of sp³-hybridized carbons (Fsp3) is 0.200. The number of phenols is 1. The van der Waals surface area contributed by atoms with Crippen LogP contribution in [0.2, 0.25) is 0 Å². The molecular formula is C15H17NO3S. The maximum atomic E-state index is 12.5. The van der Waals surface area contributed by atoms with Gasteiger partial charge in [0.25, 0.3) is 0 Å². The van der Waals surface area contributed by atoms with Crippen molar-refractivity contribution in [3.05, 3.63) is 60.2 Å². The molecule has 0 aliphatic rings. The first-order valence-electron chi connectivity index (χ1n) is 6.36. The van der Waals surface area contributed by atoms with Crippen molar-refractivity contribution in [3.63, 3.8) is 0 Å². The summed E-state index contributed by atoms with van der Waals surface area (Å²) in [5.74, 6) is -0.00647. The summed E-state index contributed by atoms with van der Waals surface area (Å²) in [7, 11) is -3.47. The van der Waals surface area contributed by atoms with Gasteiger partial charge in [0.15, 0.2) is 0 Å². The van der Waals surface area contributed by atoms with E-state index >= 15 is 0 Å². The Morgan fingerprint density at radius 2 is 1.75 bits per heavy atom. The zero-order valence-corrected chi connectivity index (χ0v) is 12.0. The number of hydrogen-bond acceptors (Lipinski definition) is 3. The van der Waals surface area contributed by atoms with E-state index in [1.165, 1.54) is 16.4 Å². The zero-order valence-electron chi connectivity index (χ0n) is 11.2. The molecule has 0 amide bonds. The van der Waals surface area contributed by atoms with E-state index in [9.17, 15) is 13.5 Å². The molecule has 0 saturated carbocycles. The topological polar surface area (TPSA) is 57.6 Å². The van der Waals surface area contributed by atoms with Gasteiger partial charge in [-0.25, -0.2) is 8.42 Å². The number of benzene rings is 2. The van der Waals surface area contributed by atoms with Crippen molar-refractivity contribution in [1.29, 1.82) is 0 Å². The molecule has 0 radical (unpaired) electrons. The maximum absolute atomic E-state index is 12.5. The van der Waals surface area contributed by atoms with E-state index in [2.05, 4.69) is 0 Å². The summed E-state index contributed by atoms with van der Waals surface area (Å²) in [6.45, 7) is 2.09. The summed E-state index contributed by atoms with van der Waals surface area (Å²) < 4.78 is 26.3. The highest BCUT2D eigenvalue weighted by atomic mass is 32.2. The van der Waals surface area contributed by atoms with Gasteiger partial charge in [-0.15, -0.1) is 0 Å². The lowest BCUT2D eigenvalue weighted by Crippen LogP contribution is -2.31. The van der Waals surface area contributed by atoms with Gasteiger partial charge >= 0.3 is 0 Å². The Hall–Kier alpha value is -2.01. The molecule has 0 atom stereocenters. The van der Waals surface area contributed by atoms with Crippen LogP contribution in [0.25, 0.3) is 0 Å². The lowest BCUT2D eigenvalue weighted by atomic mass is 10.2. The van der Waals surface area contributed by atoms with Gasteiger partial charge in [0.2, 0.25) is 10.0 Å². The van der Waals surface area contributed by atoms with E-state index in [1.54, 1.807) is 31.2 Å². The zero-order chi connectivity index (χ0) is 14.6. The van der Waals surface area contributed by atoms with Crippen LogP contribution in [0.5, 0.6) is 5.75 Å². The van der Waals surface area contributed by atoms with Gasteiger partial charge in [-0.05, 0) is 24.6 Å².